The van der Waals surface area contributed by atoms with E-state index < -0.39 is 0 Å². The molecule has 0 saturated heterocycles. The second kappa shape index (κ2) is 8.32. The molecule has 0 aliphatic heterocycles. The van der Waals surface area contributed by atoms with Gasteiger partial charge in [-0.1, -0.05) is 54.6 Å². The molecule has 0 spiro atoms. The maximum Gasteiger partial charge on any atom is 0.252 e. The van der Waals surface area contributed by atoms with Crippen LogP contribution in [0.1, 0.15) is 37.9 Å². The van der Waals surface area contributed by atoms with Crippen molar-refractivity contribution in [3.8, 4) is 0 Å². The van der Waals surface area contributed by atoms with Crippen molar-refractivity contribution < 1.29 is 9.59 Å². The van der Waals surface area contributed by atoms with Gasteiger partial charge in [-0.25, -0.2) is 0 Å². The first kappa shape index (κ1) is 18.4. The normalized spacial score (nSPS) is 11.5. The topological polar surface area (TPSA) is 49.4 Å². The van der Waals surface area contributed by atoms with Gasteiger partial charge in [-0.15, -0.1) is 0 Å². The first-order chi connectivity index (χ1) is 13.1. The van der Waals surface area contributed by atoms with Gasteiger partial charge >= 0.3 is 0 Å². The summed E-state index contributed by atoms with van der Waals surface area (Å²) in [6.07, 6.45) is 0.813. The van der Waals surface area contributed by atoms with Crippen LogP contribution in [-0.2, 0) is 0 Å². The third-order valence-corrected chi connectivity index (χ3v) is 4.46. The highest BCUT2D eigenvalue weighted by Crippen LogP contribution is 2.25. The lowest BCUT2D eigenvalue weighted by atomic mass is 9.97. The number of rotatable bonds is 6. The van der Waals surface area contributed by atoms with Gasteiger partial charge in [0.1, 0.15) is 6.29 Å². The average Bonchev–Trinajstić information content (AvgIpc) is 2.72. The third kappa shape index (κ3) is 4.42. The minimum Gasteiger partial charge on any atom is -0.378 e. The number of hydrogen-bond acceptors (Lipinski definition) is 3. The van der Waals surface area contributed by atoms with Crippen molar-refractivity contribution in [2.24, 2.45) is 0 Å². The summed E-state index contributed by atoms with van der Waals surface area (Å²) >= 11 is 0. The number of aldehydes is 1. The molecule has 0 bridgehead atoms. The smallest absolute Gasteiger partial charge is 0.252 e. The molecule has 1 N–H and O–H groups in total. The molecule has 0 fully saturated rings. The second-order valence-electron chi connectivity index (χ2n) is 6.54. The molecule has 4 heteroatoms. The molecule has 0 aliphatic carbocycles. The minimum atomic E-state index is -0.311. The van der Waals surface area contributed by atoms with Crippen LogP contribution in [0.2, 0.25) is 0 Å². The molecule has 0 aromatic heterocycles. The Bertz CT molecular complexity index is 901. The molecule has 136 valence electrons. The van der Waals surface area contributed by atoms with Crippen molar-refractivity contribution in [3.63, 3.8) is 0 Å². The highest BCUT2D eigenvalue weighted by Gasteiger charge is 2.18. The molecule has 4 nitrogen and oxygen atoms in total. The van der Waals surface area contributed by atoms with Crippen molar-refractivity contribution >= 4 is 17.9 Å². The minimum absolute atomic E-state index is 0.142. The Balaban J connectivity index is 1.94. The summed E-state index contributed by atoms with van der Waals surface area (Å²) in [5.74, 6) is -0.142. The molecule has 0 aliphatic rings. The number of nitrogens with one attached hydrogen (secondary N) is 1. The zero-order valence-corrected chi connectivity index (χ0v) is 15.4. The SMILES string of the molecule is CN(C)c1ccc(C(NC(=O)c2ccccc2)c2ccc(C=O)cc2)cc1. The number of benzene rings is 3. The molecular weight excluding hydrogens is 336 g/mol. The summed E-state index contributed by atoms with van der Waals surface area (Å²) in [6, 6.07) is 24.2. The number of amides is 1. The van der Waals surface area contributed by atoms with Gasteiger partial charge in [0, 0.05) is 30.9 Å². The van der Waals surface area contributed by atoms with Crippen LogP contribution in [0.25, 0.3) is 0 Å². The Kier molecular flexibility index (Phi) is 5.67. The number of carbonyl (C=O) groups is 2. The maximum atomic E-state index is 12.7. The van der Waals surface area contributed by atoms with Crippen molar-refractivity contribution in [3.05, 3.63) is 101 Å². The highest BCUT2D eigenvalue weighted by molar-refractivity contribution is 5.94. The van der Waals surface area contributed by atoms with E-state index in [2.05, 4.69) is 5.32 Å². The van der Waals surface area contributed by atoms with E-state index in [-0.39, 0.29) is 11.9 Å². The van der Waals surface area contributed by atoms with Crippen molar-refractivity contribution in [2.75, 3.05) is 19.0 Å². The Labute approximate surface area is 159 Å². The molecule has 0 radical (unpaired) electrons. The second-order valence-corrected chi connectivity index (χ2v) is 6.54. The third-order valence-electron chi connectivity index (χ3n) is 4.46. The Morgan fingerprint density at radius 3 is 1.93 bits per heavy atom. The lowest BCUT2D eigenvalue weighted by Gasteiger charge is -2.21. The summed E-state index contributed by atoms with van der Waals surface area (Å²) < 4.78 is 0. The Morgan fingerprint density at radius 1 is 0.852 bits per heavy atom. The van der Waals surface area contributed by atoms with Gasteiger partial charge in [-0.05, 0) is 35.4 Å². The van der Waals surface area contributed by atoms with Gasteiger partial charge in [0.15, 0.2) is 0 Å². The first-order valence-corrected chi connectivity index (χ1v) is 8.77. The fourth-order valence-electron chi connectivity index (χ4n) is 2.90. The van der Waals surface area contributed by atoms with Crippen LogP contribution in [0.5, 0.6) is 0 Å². The van der Waals surface area contributed by atoms with Gasteiger partial charge in [-0.3, -0.25) is 9.59 Å². The van der Waals surface area contributed by atoms with Crippen molar-refractivity contribution in [2.45, 2.75) is 6.04 Å². The maximum absolute atomic E-state index is 12.7. The van der Waals surface area contributed by atoms with Gasteiger partial charge in [-0.2, -0.15) is 0 Å². The largest absolute Gasteiger partial charge is 0.378 e. The van der Waals surface area contributed by atoms with Gasteiger partial charge < -0.3 is 10.2 Å². The van der Waals surface area contributed by atoms with E-state index in [1.54, 1.807) is 24.3 Å². The van der Waals surface area contributed by atoms with Crippen molar-refractivity contribution in [1.82, 2.24) is 5.32 Å². The van der Waals surface area contributed by atoms with Crippen LogP contribution in [0.15, 0.2) is 78.9 Å². The van der Waals surface area contributed by atoms with E-state index in [1.165, 1.54) is 0 Å². The molecule has 3 aromatic carbocycles. The lowest BCUT2D eigenvalue weighted by molar-refractivity contribution is 0.0942. The van der Waals surface area contributed by atoms with Crippen LogP contribution in [-0.4, -0.2) is 26.3 Å². The fourth-order valence-corrected chi connectivity index (χ4v) is 2.90. The van der Waals surface area contributed by atoms with Crippen LogP contribution >= 0.6 is 0 Å². The first-order valence-electron chi connectivity index (χ1n) is 8.77. The van der Waals surface area contributed by atoms with E-state index in [0.29, 0.717) is 11.1 Å². The van der Waals surface area contributed by atoms with E-state index in [4.69, 9.17) is 0 Å². The lowest BCUT2D eigenvalue weighted by Crippen LogP contribution is -2.29. The molecule has 3 aromatic rings. The molecule has 1 amide bonds. The van der Waals surface area contributed by atoms with Crippen molar-refractivity contribution in [1.29, 1.82) is 0 Å². The van der Waals surface area contributed by atoms with Crippen LogP contribution in [0.4, 0.5) is 5.69 Å². The number of nitrogens with zero attached hydrogens (tertiary/aromatic N) is 1. The summed E-state index contributed by atoms with van der Waals surface area (Å²) in [5, 5.41) is 3.11. The number of hydrogen-bond donors (Lipinski definition) is 1. The molecule has 0 heterocycles. The predicted molar refractivity (Wildman–Crippen MR) is 108 cm³/mol. The zero-order valence-electron chi connectivity index (χ0n) is 15.4. The molecular formula is C23H22N2O2. The fraction of sp³-hybridized carbons (Fsp3) is 0.130. The zero-order chi connectivity index (χ0) is 19.2. The Hall–Kier alpha value is -3.40. The number of anilines is 1. The Morgan fingerprint density at radius 2 is 1.41 bits per heavy atom. The van der Waals surface area contributed by atoms with E-state index in [1.807, 2.05) is 73.6 Å². The standard InChI is InChI=1S/C23H22N2O2/c1-25(2)21-14-12-19(13-15-21)22(18-10-8-17(16-26)9-11-18)24-23(27)20-6-4-3-5-7-20/h3-16,22H,1-2H3,(H,24,27). The van der Waals surface area contributed by atoms with E-state index >= 15 is 0 Å². The summed E-state index contributed by atoms with van der Waals surface area (Å²) in [4.78, 5) is 25.7. The highest BCUT2D eigenvalue weighted by atomic mass is 16.1. The van der Waals surface area contributed by atoms with Gasteiger partial charge in [0.25, 0.3) is 5.91 Å². The average molecular weight is 358 g/mol. The molecule has 27 heavy (non-hydrogen) atoms. The number of carbonyl (C=O) groups excluding carboxylic acids is 2. The van der Waals surface area contributed by atoms with Crippen LogP contribution in [0.3, 0.4) is 0 Å². The van der Waals surface area contributed by atoms with Gasteiger partial charge in [0.2, 0.25) is 0 Å². The summed E-state index contributed by atoms with van der Waals surface area (Å²) in [6.45, 7) is 0. The molecule has 0 saturated carbocycles. The van der Waals surface area contributed by atoms with E-state index in [9.17, 15) is 9.59 Å². The monoisotopic (exact) mass is 358 g/mol. The summed E-state index contributed by atoms with van der Waals surface area (Å²) in [7, 11) is 3.98. The van der Waals surface area contributed by atoms with Gasteiger partial charge in [0.05, 0.1) is 6.04 Å². The molecule has 3 rings (SSSR count). The quantitative estimate of drug-likeness (QED) is 0.676. The van der Waals surface area contributed by atoms with Crippen LogP contribution < -0.4 is 10.2 Å². The summed E-state index contributed by atoms with van der Waals surface area (Å²) in [5.41, 5.74) is 4.20. The molecule has 1 atom stereocenters. The molecule has 1 unspecified atom stereocenters. The van der Waals surface area contributed by atoms with Crippen LogP contribution in [0, 0.1) is 0 Å². The van der Waals surface area contributed by atoms with E-state index in [0.717, 1.165) is 23.1 Å². The predicted octanol–water partition coefficient (Wildman–Crippen LogP) is 4.08.